The summed E-state index contributed by atoms with van der Waals surface area (Å²) >= 11 is 1.75. The summed E-state index contributed by atoms with van der Waals surface area (Å²) in [5, 5.41) is 5.05. The van der Waals surface area contributed by atoms with Gasteiger partial charge in [-0.2, -0.15) is 13.2 Å². The molecule has 0 aromatic heterocycles. The van der Waals surface area contributed by atoms with E-state index in [1.807, 2.05) is 6.07 Å². The Kier molecular flexibility index (Phi) is 7.66. The normalized spacial score (nSPS) is 15.7. The molecule has 1 saturated heterocycles. The molecular formula is C22H26F3N3OS. The SMILES string of the molecule is CSc1ccccc1CN1CCC(CNC(=O)Nc2ccccc2C(F)(F)F)CC1. The third-order valence-electron chi connectivity index (χ3n) is 5.33. The van der Waals surface area contributed by atoms with Gasteiger partial charge in [0, 0.05) is 18.0 Å². The molecule has 0 unspecified atom stereocenters. The average molecular weight is 438 g/mol. The fourth-order valence-electron chi connectivity index (χ4n) is 3.67. The lowest BCUT2D eigenvalue weighted by Gasteiger charge is -2.32. The molecule has 3 rings (SSSR count). The minimum absolute atomic E-state index is 0.232. The van der Waals surface area contributed by atoms with Gasteiger partial charge in [0.2, 0.25) is 0 Å². The van der Waals surface area contributed by atoms with Crippen molar-refractivity contribution in [2.75, 3.05) is 31.2 Å². The van der Waals surface area contributed by atoms with Crippen LogP contribution in [-0.2, 0) is 12.7 Å². The first-order valence-corrected chi connectivity index (χ1v) is 11.1. The van der Waals surface area contributed by atoms with Crippen molar-refractivity contribution in [3.8, 4) is 0 Å². The summed E-state index contributed by atoms with van der Waals surface area (Å²) in [4.78, 5) is 15.8. The van der Waals surface area contributed by atoms with E-state index >= 15 is 0 Å². The van der Waals surface area contributed by atoms with Crippen molar-refractivity contribution in [1.29, 1.82) is 0 Å². The van der Waals surface area contributed by atoms with Crippen molar-refractivity contribution in [3.63, 3.8) is 0 Å². The number of rotatable bonds is 6. The van der Waals surface area contributed by atoms with E-state index < -0.39 is 17.8 Å². The lowest BCUT2D eigenvalue weighted by Crippen LogP contribution is -2.39. The molecule has 0 bridgehead atoms. The second kappa shape index (κ2) is 10.2. The predicted octanol–water partition coefficient (Wildman–Crippen LogP) is 5.46. The van der Waals surface area contributed by atoms with Gasteiger partial charge >= 0.3 is 12.2 Å². The molecule has 1 aliphatic rings. The van der Waals surface area contributed by atoms with Gasteiger partial charge in [0.05, 0.1) is 11.3 Å². The minimum atomic E-state index is -4.51. The van der Waals surface area contributed by atoms with Crippen LogP contribution in [0.2, 0.25) is 0 Å². The van der Waals surface area contributed by atoms with E-state index in [1.165, 1.54) is 28.7 Å². The topological polar surface area (TPSA) is 44.4 Å². The number of halogens is 3. The smallest absolute Gasteiger partial charge is 0.338 e. The van der Waals surface area contributed by atoms with Gasteiger partial charge in [0.1, 0.15) is 0 Å². The number of carbonyl (C=O) groups excluding carboxylic acids is 1. The van der Waals surface area contributed by atoms with Gasteiger partial charge in [-0.15, -0.1) is 11.8 Å². The number of urea groups is 1. The maximum absolute atomic E-state index is 13.0. The number of nitrogens with zero attached hydrogens (tertiary/aromatic N) is 1. The Morgan fingerprint density at radius 3 is 2.47 bits per heavy atom. The van der Waals surface area contributed by atoms with Crippen LogP contribution in [0, 0.1) is 5.92 Å². The monoisotopic (exact) mass is 437 g/mol. The van der Waals surface area contributed by atoms with Crippen molar-refractivity contribution in [1.82, 2.24) is 10.2 Å². The Bertz CT molecular complexity index is 852. The van der Waals surface area contributed by atoms with E-state index in [2.05, 4.69) is 40.0 Å². The van der Waals surface area contributed by atoms with Crippen LogP contribution in [0.5, 0.6) is 0 Å². The summed E-state index contributed by atoms with van der Waals surface area (Å²) in [7, 11) is 0. The van der Waals surface area contributed by atoms with Gasteiger partial charge in [0.25, 0.3) is 0 Å². The Labute approximate surface area is 179 Å². The lowest BCUT2D eigenvalue weighted by atomic mass is 9.96. The molecule has 2 amide bonds. The Hall–Kier alpha value is -2.19. The molecule has 8 heteroatoms. The molecule has 1 heterocycles. The highest BCUT2D eigenvalue weighted by atomic mass is 32.2. The predicted molar refractivity (Wildman–Crippen MR) is 115 cm³/mol. The first-order chi connectivity index (χ1) is 14.4. The number of piperidine rings is 1. The van der Waals surface area contributed by atoms with Gasteiger partial charge in [-0.25, -0.2) is 4.79 Å². The molecule has 1 aliphatic heterocycles. The molecular weight excluding hydrogens is 411 g/mol. The van der Waals surface area contributed by atoms with Gasteiger partial charge in [-0.1, -0.05) is 30.3 Å². The summed E-state index contributed by atoms with van der Waals surface area (Å²) in [5.74, 6) is 0.320. The zero-order chi connectivity index (χ0) is 21.6. The van der Waals surface area contributed by atoms with Crippen LogP contribution in [0.1, 0.15) is 24.0 Å². The second-order valence-electron chi connectivity index (χ2n) is 7.41. The summed E-state index contributed by atoms with van der Waals surface area (Å²) in [5.41, 5.74) is 0.244. The van der Waals surface area contributed by atoms with E-state index in [4.69, 9.17) is 0 Å². The van der Waals surface area contributed by atoms with Crippen LogP contribution in [0.4, 0.5) is 23.7 Å². The Morgan fingerprint density at radius 2 is 1.77 bits per heavy atom. The van der Waals surface area contributed by atoms with Crippen molar-refractivity contribution < 1.29 is 18.0 Å². The third kappa shape index (κ3) is 6.15. The molecule has 0 aliphatic carbocycles. The number of hydrogen-bond donors (Lipinski definition) is 2. The number of para-hydroxylation sites is 1. The fraction of sp³-hybridized carbons (Fsp3) is 0.409. The molecule has 0 radical (unpaired) electrons. The van der Waals surface area contributed by atoms with Gasteiger partial charge in [-0.05, 0) is 61.9 Å². The Morgan fingerprint density at radius 1 is 1.10 bits per heavy atom. The van der Waals surface area contributed by atoms with Crippen LogP contribution >= 0.6 is 11.8 Å². The maximum Gasteiger partial charge on any atom is 0.418 e. The van der Waals surface area contributed by atoms with Gasteiger partial charge in [-0.3, -0.25) is 4.90 Å². The van der Waals surface area contributed by atoms with E-state index in [0.717, 1.165) is 38.5 Å². The molecule has 0 atom stereocenters. The number of thioether (sulfide) groups is 1. The number of likely N-dealkylation sites (tertiary alicyclic amines) is 1. The van der Waals surface area contributed by atoms with Crippen molar-refractivity contribution in [3.05, 3.63) is 59.7 Å². The van der Waals surface area contributed by atoms with Crippen molar-refractivity contribution in [2.24, 2.45) is 5.92 Å². The second-order valence-corrected chi connectivity index (χ2v) is 8.26. The molecule has 0 spiro atoms. The van der Waals surface area contributed by atoms with Crippen LogP contribution in [0.3, 0.4) is 0 Å². The third-order valence-corrected chi connectivity index (χ3v) is 6.16. The van der Waals surface area contributed by atoms with Gasteiger partial charge < -0.3 is 10.6 Å². The summed E-state index contributed by atoms with van der Waals surface area (Å²) < 4.78 is 39.1. The first kappa shape index (κ1) is 22.5. The number of carbonyl (C=O) groups is 1. The maximum atomic E-state index is 13.0. The van der Waals surface area contributed by atoms with Crippen molar-refractivity contribution in [2.45, 2.75) is 30.5 Å². The molecule has 4 nitrogen and oxygen atoms in total. The van der Waals surface area contributed by atoms with E-state index in [-0.39, 0.29) is 5.69 Å². The number of amides is 2. The highest BCUT2D eigenvalue weighted by Crippen LogP contribution is 2.34. The number of alkyl halides is 3. The highest BCUT2D eigenvalue weighted by molar-refractivity contribution is 7.98. The fourth-order valence-corrected chi connectivity index (χ4v) is 4.28. The highest BCUT2D eigenvalue weighted by Gasteiger charge is 2.33. The molecule has 0 saturated carbocycles. The van der Waals surface area contributed by atoms with Gasteiger partial charge in [0.15, 0.2) is 0 Å². The first-order valence-electron chi connectivity index (χ1n) is 9.92. The molecule has 2 aromatic carbocycles. The zero-order valence-electron chi connectivity index (χ0n) is 16.8. The summed E-state index contributed by atoms with van der Waals surface area (Å²) in [6, 6.07) is 12.8. The Balaban J connectivity index is 1.44. The van der Waals surface area contributed by atoms with Crippen LogP contribution in [0.15, 0.2) is 53.4 Å². The number of nitrogens with one attached hydrogen (secondary N) is 2. The average Bonchev–Trinajstić information content (AvgIpc) is 2.73. The zero-order valence-corrected chi connectivity index (χ0v) is 17.7. The molecule has 2 N–H and O–H groups in total. The van der Waals surface area contributed by atoms with Crippen molar-refractivity contribution >= 4 is 23.5 Å². The van der Waals surface area contributed by atoms with Crippen LogP contribution < -0.4 is 10.6 Å². The molecule has 30 heavy (non-hydrogen) atoms. The number of benzene rings is 2. The standard InChI is InChI=1S/C22H26F3N3OS/c1-30-20-9-5-2-6-17(20)15-28-12-10-16(11-13-28)14-26-21(29)27-19-8-4-3-7-18(19)22(23,24)25/h2-9,16H,10-15H2,1H3,(H2,26,27,29). The largest absolute Gasteiger partial charge is 0.418 e. The number of hydrogen-bond acceptors (Lipinski definition) is 3. The summed E-state index contributed by atoms with van der Waals surface area (Å²) in [6.45, 7) is 3.24. The quantitative estimate of drug-likeness (QED) is 0.590. The van der Waals surface area contributed by atoms with E-state index in [0.29, 0.717) is 12.5 Å². The molecule has 1 fully saturated rings. The van der Waals surface area contributed by atoms with E-state index in [9.17, 15) is 18.0 Å². The summed E-state index contributed by atoms with van der Waals surface area (Å²) in [6.07, 6.45) is -0.539. The molecule has 162 valence electrons. The minimum Gasteiger partial charge on any atom is -0.338 e. The molecule has 2 aromatic rings. The van der Waals surface area contributed by atoms with Crippen LogP contribution in [-0.4, -0.2) is 36.8 Å². The number of anilines is 1. The van der Waals surface area contributed by atoms with E-state index in [1.54, 1.807) is 11.8 Å². The lowest BCUT2D eigenvalue weighted by molar-refractivity contribution is -0.136. The van der Waals surface area contributed by atoms with Crippen LogP contribution in [0.25, 0.3) is 0 Å².